The molecular formula is C19H21N5O4S. The van der Waals surface area contributed by atoms with Gasteiger partial charge in [0.15, 0.2) is 15.7 Å². The van der Waals surface area contributed by atoms with Crippen LogP contribution in [0.1, 0.15) is 11.3 Å². The van der Waals surface area contributed by atoms with Crippen LogP contribution in [0.3, 0.4) is 0 Å². The van der Waals surface area contributed by atoms with E-state index in [1.54, 1.807) is 24.3 Å². The van der Waals surface area contributed by atoms with Crippen LogP contribution < -0.4 is 15.5 Å². The van der Waals surface area contributed by atoms with Crippen LogP contribution in [-0.2, 0) is 26.1 Å². The van der Waals surface area contributed by atoms with Crippen LogP contribution in [0.4, 0.5) is 16.3 Å². The molecule has 1 aromatic carbocycles. The van der Waals surface area contributed by atoms with Crippen LogP contribution in [0.15, 0.2) is 36.5 Å². The van der Waals surface area contributed by atoms with Crippen molar-refractivity contribution in [3.05, 3.63) is 47.8 Å². The third-order valence-electron chi connectivity index (χ3n) is 4.79. The van der Waals surface area contributed by atoms with Gasteiger partial charge in [0.1, 0.15) is 5.82 Å². The summed E-state index contributed by atoms with van der Waals surface area (Å²) in [7, 11) is -1.71. The van der Waals surface area contributed by atoms with E-state index in [4.69, 9.17) is 9.72 Å². The Morgan fingerprint density at radius 1 is 1.21 bits per heavy atom. The predicted octanol–water partition coefficient (Wildman–Crippen LogP) is 1.67. The number of carbonyl (C=O) groups excluding carboxylic acids is 1. The molecule has 1 aromatic heterocycles. The number of hydrogen-bond acceptors (Lipinski definition) is 7. The molecule has 0 saturated carbocycles. The van der Waals surface area contributed by atoms with Crippen molar-refractivity contribution >= 4 is 27.4 Å². The minimum Gasteiger partial charge on any atom is -0.373 e. The van der Waals surface area contributed by atoms with Crippen molar-refractivity contribution in [1.82, 2.24) is 15.3 Å². The van der Waals surface area contributed by atoms with Crippen LogP contribution in [-0.4, -0.2) is 51.2 Å². The van der Waals surface area contributed by atoms with Gasteiger partial charge in [-0.25, -0.2) is 23.2 Å². The lowest BCUT2D eigenvalue weighted by molar-refractivity contribution is 0.142. The summed E-state index contributed by atoms with van der Waals surface area (Å²) in [6.45, 7) is 5.47. The van der Waals surface area contributed by atoms with Crippen molar-refractivity contribution in [2.45, 2.75) is 11.5 Å². The summed E-state index contributed by atoms with van der Waals surface area (Å²) in [6.07, 6.45) is 0. The Balaban J connectivity index is 1.74. The first-order valence-corrected chi connectivity index (χ1v) is 10.9. The van der Waals surface area contributed by atoms with E-state index >= 15 is 0 Å². The topological polar surface area (TPSA) is 114 Å². The predicted molar refractivity (Wildman–Crippen MR) is 109 cm³/mol. The third-order valence-corrected chi connectivity index (χ3v) is 6.23. The fourth-order valence-corrected chi connectivity index (χ4v) is 4.84. The largest absolute Gasteiger partial charge is 0.373 e. The van der Waals surface area contributed by atoms with E-state index in [0.717, 1.165) is 11.3 Å². The second-order valence-corrected chi connectivity index (χ2v) is 8.94. The van der Waals surface area contributed by atoms with E-state index in [0.29, 0.717) is 48.3 Å². The minimum atomic E-state index is -3.25. The molecule has 2 aromatic rings. The molecule has 2 aliphatic rings. The molecule has 0 spiro atoms. The van der Waals surface area contributed by atoms with Crippen molar-refractivity contribution in [2.24, 2.45) is 0 Å². The summed E-state index contributed by atoms with van der Waals surface area (Å²) in [5, 5.41) is 5.18. The first-order valence-electron chi connectivity index (χ1n) is 9.09. The van der Waals surface area contributed by atoms with E-state index < -0.39 is 9.84 Å². The number of carbonyl (C=O) groups is 1. The number of morpholine rings is 1. The molecule has 1 saturated heterocycles. The molecule has 0 radical (unpaired) electrons. The number of amides is 2. The molecule has 152 valence electrons. The van der Waals surface area contributed by atoms with E-state index in [1.807, 2.05) is 4.90 Å². The Hall–Kier alpha value is -2.98. The van der Waals surface area contributed by atoms with Gasteiger partial charge >= 0.3 is 6.03 Å². The van der Waals surface area contributed by atoms with Gasteiger partial charge < -0.3 is 20.3 Å². The Morgan fingerprint density at radius 2 is 1.97 bits per heavy atom. The number of anilines is 2. The number of aromatic nitrogens is 2. The number of fused-ring (bicyclic) bond motifs is 1. The number of hydrogen-bond donors (Lipinski definition) is 2. The molecule has 2 N–H and O–H groups in total. The fourth-order valence-electron chi connectivity index (χ4n) is 3.35. The maximum Gasteiger partial charge on any atom is 0.318 e. The van der Waals surface area contributed by atoms with E-state index in [2.05, 4.69) is 22.2 Å². The number of rotatable bonds is 3. The average molecular weight is 415 g/mol. The van der Waals surface area contributed by atoms with Gasteiger partial charge in [-0.3, -0.25) is 0 Å². The van der Waals surface area contributed by atoms with Crippen LogP contribution in [0, 0.1) is 0 Å². The smallest absolute Gasteiger partial charge is 0.318 e. The van der Waals surface area contributed by atoms with E-state index in [9.17, 15) is 13.2 Å². The highest BCUT2D eigenvalue weighted by molar-refractivity contribution is 7.90. The Kier molecular flexibility index (Phi) is 4.97. The standard InChI is InChI=1S/C19H21N5O4S/c1-12-9-28-8-7-24(12)18-15-10-29(26,27)11-16(15)22-17(23-18)13-3-5-14(6-4-13)21-19(25)20-2/h3-6H,1,7-11H2,2H3,(H2,20,21,25). The zero-order valence-corrected chi connectivity index (χ0v) is 16.8. The van der Waals surface area contributed by atoms with Gasteiger partial charge in [-0.15, -0.1) is 0 Å². The van der Waals surface area contributed by atoms with E-state index in [1.165, 1.54) is 7.05 Å². The SMILES string of the molecule is C=C1COCCN1c1nc(-c2ccc(NC(=O)NC)cc2)nc2c1CS(=O)(=O)C2. The molecule has 0 bridgehead atoms. The molecule has 1 fully saturated rings. The van der Waals surface area contributed by atoms with Gasteiger partial charge in [0, 0.05) is 36.1 Å². The summed E-state index contributed by atoms with van der Waals surface area (Å²) in [4.78, 5) is 22.6. The van der Waals surface area contributed by atoms with Crippen molar-refractivity contribution in [2.75, 3.05) is 37.0 Å². The Labute approximate surface area is 168 Å². The molecule has 4 rings (SSSR count). The molecule has 0 aliphatic carbocycles. The molecule has 2 aliphatic heterocycles. The molecule has 10 heteroatoms. The summed E-state index contributed by atoms with van der Waals surface area (Å²) in [6, 6.07) is 6.74. The third kappa shape index (κ3) is 3.94. The summed E-state index contributed by atoms with van der Waals surface area (Å²) in [5.41, 5.74) is 3.24. The highest BCUT2D eigenvalue weighted by atomic mass is 32.2. The first kappa shape index (κ1) is 19.3. The molecule has 3 heterocycles. The highest BCUT2D eigenvalue weighted by Crippen LogP contribution is 2.35. The molecule has 29 heavy (non-hydrogen) atoms. The normalized spacial score (nSPS) is 17.7. The number of benzene rings is 1. The quantitative estimate of drug-likeness (QED) is 0.784. The number of nitrogens with zero attached hydrogens (tertiary/aromatic N) is 3. The number of sulfone groups is 1. The van der Waals surface area contributed by atoms with Crippen LogP contribution in [0.2, 0.25) is 0 Å². The molecule has 2 amide bonds. The van der Waals surface area contributed by atoms with Gasteiger partial charge in [0.05, 0.1) is 30.4 Å². The Bertz CT molecular complexity index is 1080. The fraction of sp³-hybridized carbons (Fsp3) is 0.316. The summed E-state index contributed by atoms with van der Waals surface area (Å²) in [5.74, 6) is 0.837. The van der Waals surface area contributed by atoms with Crippen molar-refractivity contribution < 1.29 is 17.9 Å². The summed E-state index contributed by atoms with van der Waals surface area (Å²) >= 11 is 0. The molecule has 0 atom stereocenters. The zero-order valence-electron chi connectivity index (χ0n) is 15.9. The van der Waals surface area contributed by atoms with Crippen LogP contribution >= 0.6 is 0 Å². The number of ether oxygens (including phenoxy) is 1. The number of nitrogens with one attached hydrogen (secondary N) is 2. The zero-order chi connectivity index (χ0) is 20.6. The van der Waals surface area contributed by atoms with Gasteiger partial charge in [-0.1, -0.05) is 6.58 Å². The van der Waals surface area contributed by atoms with Crippen molar-refractivity contribution in [3.8, 4) is 11.4 Å². The van der Waals surface area contributed by atoms with Gasteiger partial charge in [0.25, 0.3) is 0 Å². The van der Waals surface area contributed by atoms with Crippen LogP contribution in [0.25, 0.3) is 11.4 Å². The average Bonchev–Trinajstić information content (AvgIpc) is 3.02. The highest BCUT2D eigenvalue weighted by Gasteiger charge is 2.33. The monoisotopic (exact) mass is 415 g/mol. The maximum absolute atomic E-state index is 12.2. The minimum absolute atomic E-state index is 0.0719. The molecular weight excluding hydrogens is 394 g/mol. The molecule has 9 nitrogen and oxygen atoms in total. The number of urea groups is 1. The van der Waals surface area contributed by atoms with Crippen molar-refractivity contribution in [3.63, 3.8) is 0 Å². The summed E-state index contributed by atoms with van der Waals surface area (Å²) < 4.78 is 29.9. The van der Waals surface area contributed by atoms with Gasteiger partial charge in [-0.2, -0.15) is 0 Å². The second kappa shape index (κ2) is 7.45. The molecule has 0 unspecified atom stereocenters. The second-order valence-electron chi connectivity index (χ2n) is 6.88. The van der Waals surface area contributed by atoms with Crippen LogP contribution in [0.5, 0.6) is 0 Å². The van der Waals surface area contributed by atoms with Gasteiger partial charge in [0.2, 0.25) is 0 Å². The maximum atomic E-state index is 12.2. The lowest BCUT2D eigenvalue weighted by Gasteiger charge is -2.31. The lowest BCUT2D eigenvalue weighted by Crippen LogP contribution is -2.35. The first-order chi connectivity index (χ1) is 13.9. The van der Waals surface area contributed by atoms with Crippen molar-refractivity contribution in [1.29, 1.82) is 0 Å². The lowest BCUT2D eigenvalue weighted by atomic mass is 10.1. The van der Waals surface area contributed by atoms with E-state index in [-0.39, 0.29) is 17.5 Å². The Morgan fingerprint density at radius 3 is 2.66 bits per heavy atom. The van der Waals surface area contributed by atoms with Gasteiger partial charge in [-0.05, 0) is 24.3 Å².